The number of aromatic carboxylic acids is 1. The van der Waals surface area contributed by atoms with E-state index in [2.05, 4.69) is 0 Å². The van der Waals surface area contributed by atoms with E-state index in [1.807, 2.05) is 0 Å². The minimum atomic E-state index is -1.10. The number of carboxylic acid groups (broad SMARTS) is 1. The van der Waals surface area contributed by atoms with Crippen LogP contribution in [-0.2, 0) is 0 Å². The van der Waals surface area contributed by atoms with Gasteiger partial charge in [0, 0.05) is 10.1 Å². The van der Waals surface area contributed by atoms with Gasteiger partial charge in [-0.05, 0) is 37.8 Å². The minimum Gasteiger partial charge on any atom is -0.505 e. The predicted molar refractivity (Wildman–Crippen MR) is 77.9 cm³/mol. The minimum absolute atomic E-state index is 0.0122. The van der Waals surface area contributed by atoms with Crippen molar-refractivity contribution in [1.82, 2.24) is 0 Å². The van der Waals surface area contributed by atoms with Gasteiger partial charge in [-0.3, -0.25) is 0 Å². The summed E-state index contributed by atoms with van der Waals surface area (Å²) >= 11 is 0.968. The van der Waals surface area contributed by atoms with Gasteiger partial charge in [-0.15, -0.1) is 11.3 Å². The molecule has 0 unspecified atom stereocenters. The van der Waals surface area contributed by atoms with Crippen molar-refractivity contribution in [3.8, 4) is 11.5 Å². The number of fused-ring (bicyclic) bond motifs is 1. The van der Waals surface area contributed by atoms with E-state index in [-0.39, 0.29) is 16.7 Å². The van der Waals surface area contributed by atoms with Crippen molar-refractivity contribution in [1.29, 1.82) is 0 Å². The van der Waals surface area contributed by atoms with E-state index in [0.29, 0.717) is 10.1 Å². The van der Waals surface area contributed by atoms with Crippen LogP contribution >= 0.6 is 11.3 Å². The van der Waals surface area contributed by atoms with Crippen LogP contribution in [0.25, 0.3) is 10.1 Å². The standard InChI is InChI=1S/C15H15FO4S/c16-10-7-12-9(6-11(10)17)13(14(21-12)15(18)19)20-8-4-2-1-3-5-8/h6-8,17H,1-5H2,(H,18,19). The highest BCUT2D eigenvalue weighted by molar-refractivity contribution is 7.21. The van der Waals surface area contributed by atoms with Crippen LogP contribution in [0.4, 0.5) is 4.39 Å². The molecular formula is C15H15FO4S. The summed E-state index contributed by atoms with van der Waals surface area (Å²) < 4.78 is 19.8. The number of thiophene rings is 1. The van der Waals surface area contributed by atoms with Gasteiger partial charge in [0.15, 0.2) is 22.2 Å². The fourth-order valence-corrected chi connectivity index (χ4v) is 3.67. The molecule has 112 valence electrons. The van der Waals surface area contributed by atoms with E-state index in [4.69, 9.17) is 4.74 Å². The molecule has 1 fully saturated rings. The van der Waals surface area contributed by atoms with E-state index in [0.717, 1.165) is 43.1 Å². The molecule has 0 bridgehead atoms. The molecule has 1 aromatic carbocycles. The van der Waals surface area contributed by atoms with Crippen LogP contribution in [0, 0.1) is 5.82 Å². The van der Waals surface area contributed by atoms with Gasteiger partial charge in [0.05, 0.1) is 6.10 Å². The number of rotatable bonds is 3. The molecule has 0 spiro atoms. The molecule has 1 aliphatic carbocycles. The lowest BCUT2D eigenvalue weighted by Crippen LogP contribution is -2.20. The summed E-state index contributed by atoms with van der Waals surface area (Å²) in [4.78, 5) is 11.4. The van der Waals surface area contributed by atoms with Gasteiger partial charge in [0.1, 0.15) is 0 Å². The summed E-state index contributed by atoms with van der Waals surface area (Å²) in [5.41, 5.74) is 0. The molecule has 6 heteroatoms. The Kier molecular flexibility index (Phi) is 3.71. The summed E-state index contributed by atoms with van der Waals surface area (Å²) in [5, 5.41) is 19.3. The molecule has 0 saturated heterocycles. The Bertz CT molecular complexity index is 689. The van der Waals surface area contributed by atoms with Crippen LogP contribution in [0.3, 0.4) is 0 Å². The number of hydrogen-bond acceptors (Lipinski definition) is 4. The third-order valence-corrected chi connectivity index (χ3v) is 4.86. The van der Waals surface area contributed by atoms with Crippen molar-refractivity contribution in [2.45, 2.75) is 38.2 Å². The average Bonchev–Trinajstić information content (AvgIpc) is 2.79. The van der Waals surface area contributed by atoms with Crippen LogP contribution in [0.2, 0.25) is 0 Å². The first kappa shape index (κ1) is 14.1. The maximum atomic E-state index is 13.4. The Balaban J connectivity index is 2.06. The Morgan fingerprint density at radius 3 is 2.67 bits per heavy atom. The average molecular weight is 310 g/mol. The number of hydrogen-bond donors (Lipinski definition) is 2. The number of aromatic hydroxyl groups is 1. The normalized spacial score (nSPS) is 16.2. The summed E-state index contributed by atoms with van der Waals surface area (Å²) in [6.07, 6.45) is 5.07. The zero-order valence-electron chi connectivity index (χ0n) is 11.3. The Hall–Kier alpha value is -1.82. The molecule has 1 aromatic heterocycles. The highest BCUT2D eigenvalue weighted by Gasteiger charge is 2.24. The molecule has 3 rings (SSSR count). The first-order valence-corrected chi connectivity index (χ1v) is 7.73. The van der Waals surface area contributed by atoms with Crippen LogP contribution in [0.5, 0.6) is 11.5 Å². The molecule has 1 heterocycles. The molecule has 21 heavy (non-hydrogen) atoms. The molecule has 2 aromatic rings. The first-order chi connectivity index (χ1) is 10.1. The molecular weight excluding hydrogens is 295 g/mol. The highest BCUT2D eigenvalue weighted by Crippen LogP contribution is 2.41. The smallest absolute Gasteiger partial charge is 0.349 e. The van der Waals surface area contributed by atoms with E-state index in [9.17, 15) is 19.4 Å². The predicted octanol–water partition coefficient (Wildman–Crippen LogP) is 4.16. The monoisotopic (exact) mass is 310 g/mol. The number of phenols is 1. The maximum Gasteiger partial charge on any atom is 0.349 e. The van der Waals surface area contributed by atoms with Gasteiger partial charge in [-0.25, -0.2) is 9.18 Å². The lowest BCUT2D eigenvalue weighted by Gasteiger charge is -2.23. The molecule has 1 saturated carbocycles. The van der Waals surface area contributed by atoms with Gasteiger partial charge >= 0.3 is 5.97 Å². The van der Waals surface area contributed by atoms with Crippen molar-refractivity contribution in [3.63, 3.8) is 0 Å². The van der Waals surface area contributed by atoms with Crippen molar-refractivity contribution in [2.24, 2.45) is 0 Å². The number of ether oxygens (including phenoxy) is 1. The van der Waals surface area contributed by atoms with Crippen LogP contribution < -0.4 is 4.74 Å². The fraction of sp³-hybridized carbons (Fsp3) is 0.400. The molecule has 0 atom stereocenters. The van der Waals surface area contributed by atoms with Crippen LogP contribution in [0.1, 0.15) is 41.8 Å². The zero-order valence-corrected chi connectivity index (χ0v) is 12.1. The second kappa shape index (κ2) is 5.52. The zero-order chi connectivity index (χ0) is 15.0. The third kappa shape index (κ3) is 2.68. The second-order valence-corrected chi connectivity index (χ2v) is 6.30. The topological polar surface area (TPSA) is 66.8 Å². The van der Waals surface area contributed by atoms with Gasteiger partial charge in [0.25, 0.3) is 0 Å². The van der Waals surface area contributed by atoms with Gasteiger partial charge in [-0.2, -0.15) is 0 Å². The van der Waals surface area contributed by atoms with E-state index in [1.54, 1.807) is 0 Å². The number of halogens is 1. The van der Waals surface area contributed by atoms with Crippen molar-refractivity contribution >= 4 is 27.4 Å². The third-order valence-electron chi connectivity index (χ3n) is 3.74. The first-order valence-electron chi connectivity index (χ1n) is 6.91. The number of carbonyl (C=O) groups is 1. The summed E-state index contributed by atoms with van der Waals surface area (Å²) in [6.45, 7) is 0. The van der Waals surface area contributed by atoms with Gasteiger partial charge in [-0.1, -0.05) is 6.42 Å². The summed E-state index contributed by atoms with van der Waals surface area (Å²) in [7, 11) is 0. The quantitative estimate of drug-likeness (QED) is 0.893. The Morgan fingerprint density at radius 1 is 1.29 bits per heavy atom. The van der Waals surface area contributed by atoms with E-state index in [1.165, 1.54) is 12.5 Å². The van der Waals surface area contributed by atoms with Crippen molar-refractivity contribution in [3.05, 3.63) is 22.8 Å². The lowest BCUT2D eigenvalue weighted by atomic mass is 9.98. The molecule has 0 amide bonds. The van der Waals surface area contributed by atoms with Crippen molar-refractivity contribution < 1.29 is 24.1 Å². The molecule has 2 N–H and O–H groups in total. The van der Waals surface area contributed by atoms with Gasteiger partial charge in [0.2, 0.25) is 0 Å². The fourth-order valence-electron chi connectivity index (χ4n) is 2.69. The van der Waals surface area contributed by atoms with Crippen LogP contribution in [-0.4, -0.2) is 22.3 Å². The van der Waals surface area contributed by atoms with E-state index >= 15 is 0 Å². The Morgan fingerprint density at radius 2 is 2.00 bits per heavy atom. The maximum absolute atomic E-state index is 13.4. The molecule has 1 aliphatic rings. The lowest BCUT2D eigenvalue weighted by molar-refractivity contribution is 0.0693. The Labute approximate surface area is 124 Å². The molecule has 0 radical (unpaired) electrons. The number of carboxylic acids is 1. The van der Waals surface area contributed by atoms with Crippen molar-refractivity contribution in [2.75, 3.05) is 0 Å². The number of benzene rings is 1. The van der Waals surface area contributed by atoms with Gasteiger partial charge < -0.3 is 14.9 Å². The van der Waals surface area contributed by atoms with Crippen LogP contribution in [0.15, 0.2) is 12.1 Å². The SMILES string of the molecule is O=C(O)c1sc2cc(F)c(O)cc2c1OC1CCCCC1. The molecule has 0 aliphatic heterocycles. The number of phenolic OH excluding ortho intramolecular Hbond substituents is 1. The molecule has 4 nitrogen and oxygen atoms in total. The largest absolute Gasteiger partial charge is 0.505 e. The highest BCUT2D eigenvalue weighted by atomic mass is 32.1. The van der Waals surface area contributed by atoms with E-state index < -0.39 is 17.5 Å². The summed E-state index contributed by atoms with van der Waals surface area (Å²) in [6, 6.07) is 2.39. The second-order valence-electron chi connectivity index (χ2n) is 5.24. The summed E-state index contributed by atoms with van der Waals surface area (Å²) in [5.74, 6) is -2.10.